The Labute approximate surface area is 203 Å². The van der Waals surface area contributed by atoms with Crippen LogP contribution in [0, 0.1) is 0 Å². The van der Waals surface area contributed by atoms with Crippen LogP contribution in [-0.4, -0.2) is 43.1 Å². The highest BCUT2D eigenvalue weighted by Crippen LogP contribution is 2.41. The van der Waals surface area contributed by atoms with E-state index in [1.54, 1.807) is 47.3 Å². The Hall–Kier alpha value is -4.09. The van der Waals surface area contributed by atoms with E-state index in [-0.39, 0.29) is 40.3 Å². The summed E-state index contributed by atoms with van der Waals surface area (Å²) < 4.78 is 33.1. The van der Waals surface area contributed by atoms with Gasteiger partial charge in [-0.15, -0.1) is 9.19 Å². The quantitative estimate of drug-likeness (QED) is 0.352. The number of benzene rings is 2. The van der Waals surface area contributed by atoms with Crippen LogP contribution < -0.4 is 5.43 Å². The van der Waals surface area contributed by atoms with Crippen molar-refractivity contribution in [2.75, 3.05) is 5.75 Å². The van der Waals surface area contributed by atoms with Gasteiger partial charge in [-0.05, 0) is 18.2 Å². The van der Waals surface area contributed by atoms with Crippen molar-refractivity contribution in [3.63, 3.8) is 0 Å². The van der Waals surface area contributed by atoms with Crippen molar-refractivity contribution in [2.45, 2.75) is 6.54 Å². The van der Waals surface area contributed by atoms with Gasteiger partial charge in [-0.1, -0.05) is 23.7 Å². The third kappa shape index (κ3) is 4.15. The number of aryl methyl sites for hydroxylation is 1. The molecule has 5 rings (SSSR count). The molecule has 178 valence electrons. The lowest BCUT2D eigenvalue weighted by atomic mass is 10.0. The molecule has 3 aromatic heterocycles. The highest BCUT2D eigenvalue weighted by atomic mass is 35.5. The zero-order valence-electron chi connectivity index (χ0n) is 17.9. The molecule has 0 atom stereocenters. The number of aromatic hydroxyl groups is 2. The predicted molar refractivity (Wildman–Crippen MR) is 129 cm³/mol. The van der Waals surface area contributed by atoms with E-state index in [1.165, 1.54) is 6.07 Å². The third-order valence-electron chi connectivity index (χ3n) is 5.43. The molecule has 2 aromatic carbocycles. The predicted octanol–water partition coefficient (Wildman–Crippen LogP) is 3.46. The number of halogens is 1. The van der Waals surface area contributed by atoms with E-state index in [1.807, 2.05) is 0 Å². The molecule has 0 saturated heterocycles. The third-order valence-corrected chi connectivity index (χ3v) is 7.22. The molecule has 0 amide bonds. The molecule has 0 spiro atoms. The fourth-order valence-electron chi connectivity index (χ4n) is 3.76. The van der Waals surface area contributed by atoms with Crippen molar-refractivity contribution in [2.24, 2.45) is 0 Å². The number of fused-ring (bicyclic) bond motifs is 1. The molecular weight excluding hydrogens is 496 g/mol. The average Bonchev–Trinajstić information content (AvgIpc) is 3.51. The lowest BCUT2D eigenvalue weighted by Crippen LogP contribution is -2.20. The van der Waals surface area contributed by atoms with E-state index >= 15 is 0 Å². The molecule has 0 saturated carbocycles. The lowest BCUT2D eigenvalue weighted by Gasteiger charge is -2.11. The van der Waals surface area contributed by atoms with Gasteiger partial charge in [0.05, 0.1) is 16.3 Å². The Balaban J connectivity index is 1.59. The van der Waals surface area contributed by atoms with Gasteiger partial charge in [0.15, 0.2) is 11.0 Å². The first kappa shape index (κ1) is 22.7. The second kappa shape index (κ2) is 8.60. The fourth-order valence-corrected chi connectivity index (χ4v) is 5.00. The normalized spacial score (nSPS) is 11.8. The first-order chi connectivity index (χ1) is 16.7. The van der Waals surface area contributed by atoms with Crippen LogP contribution in [0.4, 0.5) is 0 Å². The summed E-state index contributed by atoms with van der Waals surface area (Å²) in [5, 5.41) is 24.9. The SMILES string of the molecule is O=c1cc(-c2ccccc2Cl)oc2c(-c3ccn(CCS(=O)(=O)n4cncn4)c3)c(O)cc(O)c12. The molecule has 0 fully saturated rings. The minimum Gasteiger partial charge on any atom is -0.507 e. The van der Waals surface area contributed by atoms with Crippen molar-refractivity contribution in [1.29, 1.82) is 0 Å². The molecular formula is C23H17ClN4O6S. The number of phenolic OH excluding ortho intramolecular Hbond substituents is 2. The number of hydrogen-bond acceptors (Lipinski definition) is 8. The van der Waals surface area contributed by atoms with Crippen molar-refractivity contribution < 1.29 is 23.0 Å². The van der Waals surface area contributed by atoms with Crippen LogP contribution in [0.5, 0.6) is 11.5 Å². The zero-order valence-corrected chi connectivity index (χ0v) is 19.4. The van der Waals surface area contributed by atoms with Crippen LogP contribution in [-0.2, 0) is 16.6 Å². The van der Waals surface area contributed by atoms with E-state index in [4.69, 9.17) is 16.0 Å². The van der Waals surface area contributed by atoms with E-state index < -0.39 is 21.2 Å². The van der Waals surface area contributed by atoms with Crippen LogP contribution in [0.15, 0.2) is 76.7 Å². The van der Waals surface area contributed by atoms with Crippen molar-refractivity contribution >= 4 is 32.6 Å². The molecule has 0 unspecified atom stereocenters. The lowest BCUT2D eigenvalue weighted by molar-refractivity contribution is 0.453. The summed E-state index contributed by atoms with van der Waals surface area (Å²) in [4.78, 5) is 16.5. The Morgan fingerprint density at radius 1 is 1.09 bits per heavy atom. The van der Waals surface area contributed by atoms with Gasteiger partial charge in [0.2, 0.25) is 0 Å². The van der Waals surface area contributed by atoms with Crippen LogP contribution in [0.25, 0.3) is 33.4 Å². The molecule has 35 heavy (non-hydrogen) atoms. The van der Waals surface area contributed by atoms with E-state index in [9.17, 15) is 23.4 Å². The van der Waals surface area contributed by atoms with Gasteiger partial charge in [-0.25, -0.2) is 13.4 Å². The van der Waals surface area contributed by atoms with Gasteiger partial charge in [-0.2, -0.15) is 0 Å². The van der Waals surface area contributed by atoms with Gasteiger partial charge < -0.3 is 19.2 Å². The molecule has 3 heterocycles. The molecule has 0 aliphatic carbocycles. The smallest absolute Gasteiger partial charge is 0.256 e. The van der Waals surface area contributed by atoms with Crippen LogP contribution in [0.2, 0.25) is 5.02 Å². The summed E-state index contributed by atoms with van der Waals surface area (Å²) in [7, 11) is -3.70. The molecule has 5 aromatic rings. The van der Waals surface area contributed by atoms with Gasteiger partial charge >= 0.3 is 0 Å². The van der Waals surface area contributed by atoms with Crippen LogP contribution in [0.3, 0.4) is 0 Å². The molecule has 0 bridgehead atoms. The topological polar surface area (TPSA) is 140 Å². The standard InChI is InChI=1S/C23H17ClN4O6S/c24-16-4-2-1-3-15(16)20-10-19(31)22-18(30)9-17(29)21(23(22)34-20)14-5-6-27(11-14)7-8-35(32,33)28-13-25-12-26-28/h1-6,9-13,29-30H,7-8H2. The average molecular weight is 513 g/mol. The van der Waals surface area contributed by atoms with Crippen molar-refractivity contribution in [1.82, 2.24) is 18.7 Å². The second-order valence-electron chi connectivity index (χ2n) is 7.67. The number of phenols is 2. The van der Waals surface area contributed by atoms with Crippen molar-refractivity contribution in [3.05, 3.63) is 82.8 Å². The summed E-state index contributed by atoms with van der Waals surface area (Å²) in [6, 6.07) is 10.7. The number of aromatic nitrogens is 4. The van der Waals surface area contributed by atoms with Crippen LogP contribution >= 0.6 is 11.6 Å². The Morgan fingerprint density at radius 3 is 2.63 bits per heavy atom. The van der Waals surface area contributed by atoms with E-state index in [2.05, 4.69) is 10.1 Å². The van der Waals surface area contributed by atoms with Gasteiger partial charge in [0, 0.05) is 42.2 Å². The first-order valence-electron chi connectivity index (χ1n) is 10.3. The number of nitrogens with zero attached hydrogens (tertiary/aromatic N) is 4. The maximum absolute atomic E-state index is 12.9. The van der Waals surface area contributed by atoms with E-state index in [0.29, 0.717) is 16.1 Å². The summed E-state index contributed by atoms with van der Waals surface area (Å²) in [6.07, 6.45) is 5.47. The largest absolute Gasteiger partial charge is 0.507 e. The van der Waals surface area contributed by atoms with E-state index in [0.717, 1.165) is 22.8 Å². The maximum atomic E-state index is 12.9. The highest BCUT2D eigenvalue weighted by Gasteiger charge is 2.21. The fraction of sp³-hybridized carbons (Fsp3) is 0.0870. The molecule has 0 aliphatic rings. The Kier molecular flexibility index (Phi) is 5.58. The Bertz CT molecular complexity index is 1730. The summed E-state index contributed by atoms with van der Waals surface area (Å²) in [6.45, 7) is 0.0911. The zero-order chi connectivity index (χ0) is 24.7. The van der Waals surface area contributed by atoms with Gasteiger partial charge in [0.1, 0.15) is 35.3 Å². The summed E-state index contributed by atoms with van der Waals surface area (Å²) in [5.74, 6) is -0.836. The van der Waals surface area contributed by atoms with Crippen LogP contribution in [0.1, 0.15) is 0 Å². The number of rotatable bonds is 6. The minimum atomic E-state index is -3.70. The molecule has 2 N–H and O–H groups in total. The summed E-state index contributed by atoms with van der Waals surface area (Å²) in [5.41, 5.74) is 0.542. The first-order valence-corrected chi connectivity index (χ1v) is 12.2. The molecule has 0 radical (unpaired) electrons. The molecule has 10 nitrogen and oxygen atoms in total. The molecule has 0 aliphatic heterocycles. The minimum absolute atomic E-state index is 0.0297. The molecule has 12 heteroatoms. The monoisotopic (exact) mass is 512 g/mol. The van der Waals surface area contributed by atoms with Gasteiger partial charge in [0.25, 0.3) is 10.0 Å². The van der Waals surface area contributed by atoms with Gasteiger partial charge in [-0.3, -0.25) is 4.79 Å². The second-order valence-corrected chi connectivity index (χ2v) is 10.0. The Morgan fingerprint density at radius 2 is 1.89 bits per heavy atom. The van der Waals surface area contributed by atoms with Crippen molar-refractivity contribution in [3.8, 4) is 33.9 Å². The summed E-state index contributed by atoms with van der Waals surface area (Å²) >= 11 is 6.27. The number of hydrogen-bond donors (Lipinski definition) is 2. The maximum Gasteiger partial charge on any atom is 0.256 e. The highest BCUT2D eigenvalue weighted by molar-refractivity contribution is 7.89.